The summed E-state index contributed by atoms with van der Waals surface area (Å²) in [5.74, 6) is -1.18. The number of benzene rings is 2. The fraction of sp³-hybridized carbons (Fsp3) is 0.489. The maximum atomic E-state index is 17.4. The molecule has 0 bridgehead atoms. The van der Waals surface area contributed by atoms with Crippen molar-refractivity contribution in [3.63, 3.8) is 0 Å². The highest BCUT2D eigenvalue weighted by Gasteiger charge is 2.55. The first kappa shape index (κ1) is 56.4. The number of anilines is 1. The lowest BCUT2D eigenvalue weighted by molar-refractivity contribution is -0.0613. The summed E-state index contributed by atoms with van der Waals surface area (Å²) in [5.41, 5.74) is 0.969. The zero-order valence-electron chi connectivity index (χ0n) is 41.1. The summed E-state index contributed by atoms with van der Waals surface area (Å²) >= 11 is 6.10. The second-order valence-corrected chi connectivity index (χ2v) is 27.4. The van der Waals surface area contributed by atoms with E-state index in [-0.39, 0.29) is 59.2 Å². The van der Waals surface area contributed by atoms with Gasteiger partial charge in [-0.25, -0.2) is 33.4 Å². The van der Waals surface area contributed by atoms with Crippen LogP contribution < -0.4 is 5.32 Å². The number of nitrogens with one attached hydrogen (secondary N) is 1. The number of phosphoric ester groups is 1. The number of phosphoric acid groups is 1. The molecule has 10 atom stereocenters. The molecular weight excluding hydrogens is 1050 g/mol. The van der Waals surface area contributed by atoms with Crippen molar-refractivity contribution in [1.82, 2.24) is 34.5 Å². The molecule has 0 radical (unpaired) electrons. The average Bonchev–Trinajstić information content (AvgIpc) is 4.16. The van der Waals surface area contributed by atoms with Gasteiger partial charge < -0.3 is 38.1 Å². The first-order valence-electron chi connectivity index (χ1n) is 23.0. The van der Waals surface area contributed by atoms with Gasteiger partial charge in [0, 0.05) is 5.56 Å². The average molecular weight is 1100 g/mol. The number of esters is 1. The van der Waals surface area contributed by atoms with Crippen molar-refractivity contribution in [3.05, 3.63) is 85.0 Å². The van der Waals surface area contributed by atoms with E-state index in [1.54, 1.807) is 42.5 Å². The topological polar surface area (TPSA) is 298 Å². The van der Waals surface area contributed by atoms with Gasteiger partial charge in [0.25, 0.3) is 5.91 Å². The molecule has 2 fully saturated rings. The molecule has 396 valence electrons. The van der Waals surface area contributed by atoms with Crippen molar-refractivity contribution in [2.24, 2.45) is 0 Å². The molecule has 3 aromatic heterocycles. The van der Waals surface area contributed by atoms with Crippen LogP contribution in [0.5, 0.6) is 0 Å². The number of ether oxygens (including phenoxy) is 3. The maximum Gasteiger partial charge on any atom is 0.475 e. The summed E-state index contributed by atoms with van der Waals surface area (Å²) in [4.78, 5) is 38.8. The molecule has 2 aromatic carbocycles. The predicted octanol–water partition coefficient (Wildman–Crippen LogP) is 7.01. The largest absolute Gasteiger partial charge is 0.475 e. The summed E-state index contributed by atoms with van der Waals surface area (Å²) in [6, 6.07) is 16.9. The molecule has 2 aliphatic rings. The van der Waals surface area contributed by atoms with Gasteiger partial charge in [0.15, 0.2) is 43.9 Å². The molecule has 29 heteroatoms. The van der Waals surface area contributed by atoms with Crippen molar-refractivity contribution in [3.8, 4) is 12.1 Å². The minimum Gasteiger partial charge on any atom is -0.465 e. The van der Waals surface area contributed by atoms with E-state index >= 15 is 4.39 Å². The zero-order valence-corrected chi connectivity index (χ0v) is 44.7. The van der Waals surface area contributed by atoms with Gasteiger partial charge in [0.1, 0.15) is 42.4 Å². The Bertz CT molecular complexity index is 2990. The van der Waals surface area contributed by atoms with Crippen LogP contribution in [-0.2, 0) is 62.2 Å². The molecule has 1 amide bonds. The van der Waals surface area contributed by atoms with Gasteiger partial charge in [-0.3, -0.25) is 27.5 Å². The van der Waals surface area contributed by atoms with Crippen LogP contribution in [0.2, 0.25) is 18.1 Å². The number of aliphatic hydroxyl groups is 1. The number of aromatic nitrogens is 7. The number of nitriles is 2. The van der Waals surface area contributed by atoms with Crippen LogP contribution in [0.15, 0.2) is 73.8 Å². The number of halogens is 1. The third kappa shape index (κ3) is 12.5. The second-order valence-electron chi connectivity index (χ2n) is 18.1. The molecule has 74 heavy (non-hydrogen) atoms. The predicted molar refractivity (Wildman–Crippen MR) is 267 cm³/mol. The molecule has 0 aliphatic carbocycles. The molecule has 2 N–H and O–H groups in total. The highest BCUT2D eigenvalue weighted by molar-refractivity contribution is 8.07. The molecule has 24 nitrogen and oxygen atoms in total. The van der Waals surface area contributed by atoms with Crippen molar-refractivity contribution in [2.45, 2.75) is 101 Å². The summed E-state index contributed by atoms with van der Waals surface area (Å²) < 4.78 is 94.9. The molecule has 3 unspecified atom stereocenters. The van der Waals surface area contributed by atoms with Gasteiger partial charge in [-0.2, -0.15) is 10.5 Å². The number of methoxy groups -OCH3 is 1. The van der Waals surface area contributed by atoms with E-state index in [2.05, 4.69) is 37.2 Å². The van der Waals surface area contributed by atoms with Crippen LogP contribution >= 0.6 is 14.5 Å². The number of imidazole rings is 1. The third-order valence-corrected chi connectivity index (χ3v) is 20.5. The number of hydrogen-bond acceptors (Lipinski definition) is 22. The van der Waals surface area contributed by atoms with Gasteiger partial charge in [-0.05, 0) is 54.2 Å². The quantitative estimate of drug-likeness (QED) is 0.0206. The monoisotopic (exact) mass is 1100 g/mol. The standard InChI is InChI=1S/C45H55FN10O14P2SSi/c1-8-21-62-71(60,63-22-13-19-47)68-36-32(67-42(33(36)46)55-27-51-35-39(49-26-50-40(35)55)52-41(58)28-15-10-9-11-16-28)25-65-72(73,64-23-14-20-48)69-38-37(70-74(6,7)45(2,3)4)31(24-57)66-43(38)56-30-18-12-17-29(44(59)61-5)34(30)53-54-56/h8-12,15-18,26-27,31-33,36-38,42-43,57H,1,13-14,21-25H2,2-7H3,(H,49,50,52,58)/t31-,32-,33-,36-,37?,38-,42-,43-,71?,72?/m1/s1. The van der Waals surface area contributed by atoms with Crippen LogP contribution in [0.1, 0.15) is 66.8 Å². The molecule has 0 saturated carbocycles. The Hall–Kier alpha value is -5.32. The van der Waals surface area contributed by atoms with E-state index in [1.807, 2.05) is 46.0 Å². The number of amides is 1. The molecular formula is C45H55FN10O14P2SSi. The number of carbonyl (C=O) groups is 2. The lowest BCUT2D eigenvalue weighted by Crippen LogP contribution is -2.50. The summed E-state index contributed by atoms with van der Waals surface area (Å²) in [6.07, 6.45) is -8.93. The minimum atomic E-state index is -4.73. The molecule has 5 heterocycles. The van der Waals surface area contributed by atoms with Gasteiger partial charge in [-0.15, -0.1) is 11.7 Å². The molecule has 5 aromatic rings. The van der Waals surface area contributed by atoms with Gasteiger partial charge in [0.05, 0.1) is 82.5 Å². The number of carbonyl (C=O) groups excluding carboxylic acids is 2. The van der Waals surface area contributed by atoms with E-state index in [4.69, 9.17) is 57.6 Å². The highest BCUT2D eigenvalue weighted by Crippen LogP contribution is 2.58. The van der Waals surface area contributed by atoms with Crippen LogP contribution in [0.4, 0.5) is 10.2 Å². The first-order valence-corrected chi connectivity index (χ1v) is 29.9. The van der Waals surface area contributed by atoms with Crippen LogP contribution in [0, 0.1) is 22.7 Å². The third-order valence-electron chi connectivity index (χ3n) is 12.2. The maximum absolute atomic E-state index is 17.4. The fourth-order valence-corrected chi connectivity index (χ4v) is 12.3. The summed E-state index contributed by atoms with van der Waals surface area (Å²) in [6.45, 7) is 6.91. The lowest BCUT2D eigenvalue weighted by Gasteiger charge is -2.41. The van der Waals surface area contributed by atoms with Crippen molar-refractivity contribution in [2.75, 3.05) is 45.5 Å². The van der Waals surface area contributed by atoms with Crippen molar-refractivity contribution < 1.29 is 69.4 Å². The van der Waals surface area contributed by atoms with Gasteiger partial charge >= 0.3 is 20.5 Å². The van der Waals surface area contributed by atoms with E-state index in [1.165, 1.54) is 34.8 Å². The van der Waals surface area contributed by atoms with Crippen molar-refractivity contribution >= 4 is 74.6 Å². The summed E-state index contributed by atoms with van der Waals surface area (Å²) in [5, 5.41) is 40.6. The number of nitrogens with zero attached hydrogens (tertiary/aromatic N) is 9. The van der Waals surface area contributed by atoms with Crippen molar-refractivity contribution in [1.29, 1.82) is 10.5 Å². The minimum absolute atomic E-state index is 0.000495. The first-order chi connectivity index (χ1) is 35.3. The Balaban J connectivity index is 1.26. The van der Waals surface area contributed by atoms with Gasteiger partial charge in [0.2, 0.25) is 0 Å². The number of fused-ring (bicyclic) bond motifs is 2. The smallest absolute Gasteiger partial charge is 0.465 e. The summed E-state index contributed by atoms with van der Waals surface area (Å²) in [7, 11) is -6.28. The van der Waals surface area contributed by atoms with Gasteiger partial charge in [-0.1, -0.05) is 56.3 Å². The zero-order chi connectivity index (χ0) is 53.4. The second kappa shape index (κ2) is 24.1. The van der Waals surface area contributed by atoms with E-state index < -0.39 is 104 Å². The fourth-order valence-electron chi connectivity index (χ4n) is 7.53. The van der Waals surface area contributed by atoms with Crippen LogP contribution in [-0.4, -0.2) is 137 Å². The number of alkyl halides is 1. The van der Waals surface area contributed by atoms with E-state index in [0.29, 0.717) is 11.1 Å². The molecule has 2 saturated heterocycles. The molecule has 2 aliphatic heterocycles. The molecule has 7 rings (SSSR count). The normalized spacial score (nSPS) is 23.7. The Morgan fingerprint density at radius 2 is 1.66 bits per heavy atom. The SMILES string of the molecule is C=CCOP(=O)(OCCC#N)O[C@H]1[C@@H](F)[C@H](n2cnc3c(NC(=O)c4ccccc4)ncnc32)O[C@@H]1COP(=S)(OCCC#N)O[C@@H]1C(O[Si](C)(C)C(C)(C)C)[C@@H](CO)O[C@H]1n1nnc2c(C(=O)OC)cccc21. The Kier molecular flexibility index (Phi) is 18.4. The molecule has 0 spiro atoms. The Labute approximate surface area is 430 Å². The van der Waals surface area contributed by atoms with Crippen LogP contribution in [0.25, 0.3) is 22.2 Å². The Morgan fingerprint density at radius 1 is 0.946 bits per heavy atom. The lowest BCUT2D eigenvalue weighted by atomic mass is 10.1. The highest BCUT2D eigenvalue weighted by atomic mass is 32.5. The number of hydrogen-bond donors (Lipinski definition) is 2. The van der Waals surface area contributed by atoms with E-state index in [0.717, 1.165) is 6.33 Å². The Morgan fingerprint density at radius 3 is 2.34 bits per heavy atom. The van der Waals surface area contributed by atoms with Crippen LogP contribution in [0.3, 0.4) is 0 Å². The number of aliphatic hydroxyl groups excluding tert-OH is 1. The number of rotatable bonds is 24. The van der Waals surface area contributed by atoms with E-state index in [9.17, 15) is 29.8 Å².